The van der Waals surface area contributed by atoms with Gasteiger partial charge in [0.2, 0.25) is 0 Å². The Balaban J connectivity index is 0.000000187. The van der Waals surface area contributed by atoms with Gasteiger partial charge in [0.05, 0.1) is 47.6 Å². The lowest BCUT2D eigenvalue weighted by Gasteiger charge is -2.23. The highest BCUT2D eigenvalue weighted by Gasteiger charge is 2.53. The van der Waals surface area contributed by atoms with Crippen LogP contribution >= 0.6 is 0 Å². The minimum atomic E-state index is -4.03. The maximum atomic E-state index is 13.6. The van der Waals surface area contributed by atoms with E-state index in [-0.39, 0.29) is 82.8 Å². The van der Waals surface area contributed by atoms with Crippen molar-refractivity contribution in [2.45, 2.75) is 151 Å². The summed E-state index contributed by atoms with van der Waals surface area (Å²) in [5.41, 5.74) is 14.1. The molecule has 432 valence electrons. The summed E-state index contributed by atoms with van der Waals surface area (Å²) in [5.74, 6) is -0.202. The number of carbonyl (C=O) groups excluding carboxylic acids is 2. The number of hydrogen-bond donors (Lipinski definition) is 2. The summed E-state index contributed by atoms with van der Waals surface area (Å²) in [4.78, 5) is 29.8. The van der Waals surface area contributed by atoms with E-state index in [9.17, 15) is 45.8 Å². The second kappa shape index (κ2) is 21.1. The first-order valence-corrected chi connectivity index (χ1v) is 28.3. The van der Waals surface area contributed by atoms with Gasteiger partial charge in [-0.05, 0) is 133 Å². The Morgan fingerprint density at radius 3 is 1.48 bits per heavy atom. The second-order valence-electron chi connectivity index (χ2n) is 23.9. The SMILES string of the molecule is CC(C)(C)c1cc2cc(CC(=O)C3(c4ccc5c(c4)OC(F)(F)O5)CC3)ccc2n1C[C@@H](O)CN=[N+]=[N-].Cc1ccc(S(=O)(=O)OC[C@H](O)Cn2c(C(C)(C)C)cc3cc(CC(=O)C4(c5ccc6c(c5)OC(F)(F)O6)CC4)ccc32)cc1. The molecule has 2 saturated carbocycles. The van der Waals surface area contributed by atoms with Crippen molar-refractivity contribution in [2.75, 3.05) is 13.2 Å². The lowest BCUT2D eigenvalue weighted by Crippen LogP contribution is -2.27. The van der Waals surface area contributed by atoms with E-state index in [2.05, 4.69) is 55.8 Å². The Morgan fingerprint density at radius 2 is 1.06 bits per heavy atom. The van der Waals surface area contributed by atoms with Gasteiger partial charge in [-0.3, -0.25) is 13.8 Å². The largest absolute Gasteiger partial charge is 0.586 e. The van der Waals surface area contributed by atoms with Gasteiger partial charge in [-0.1, -0.05) is 88.6 Å². The normalized spacial score (nSPS) is 17.6. The van der Waals surface area contributed by atoms with Gasteiger partial charge in [0, 0.05) is 68.3 Å². The van der Waals surface area contributed by atoms with Crippen LogP contribution in [0.1, 0.15) is 106 Å². The van der Waals surface area contributed by atoms with Gasteiger partial charge in [-0.25, -0.2) is 0 Å². The van der Waals surface area contributed by atoms with Crippen molar-refractivity contribution in [3.8, 4) is 23.0 Å². The molecule has 4 heterocycles. The molecule has 4 aliphatic rings. The van der Waals surface area contributed by atoms with Gasteiger partial charge >= 0.3 is 12.6 Å². The lowest BCUT2D eigenvalue weighted by molar-refractivity contribution is -0.287. The summed E-state index contributed by atoms with van der Waals surface area (Å²) < 4.78 is 107. The number of rotatable bonds is 18. The first kappa shape index (κ1) is 57.8. The number of carbonyl (C=O) groups is 2. The Hall–Kier alpha value is -7.42. The number of halogens is 4. The fourth-order valence-electron chi connectivity index (χ4n) is 11.0. The summed E-state index contributed by atoms with van der Waals surface area (Å²) >= 11 is 0. The molecular formula is C61H63F4N5O11S. The Kier molecular flexibility index (Phi) is 14.9. The molecule has 2 aromatic heterocycles. The number of ketones is 2. The van der Waals surface area contributed by atoms with E-state index < -0.39 is 52.4 Å². The number of ether oxygens (including phenoxy) is 4. The van der Waals surface area contributed by atoms with Crippen molar-refractivity contribution >= 4 is 43.5 Å². The van der Waals surface area contributed by atoms with E-state index >= 15 is 0 Å². The van der Waals surface area contributed by atoms with Crippen molar-refractivity contribution in [1.82, 2.24) is 9.13 Å². The number of azide groups is 1. The molecule has 2 atom stereocenters. The topological polar surface area (TPSA) is 214 Å². The highest BCUT2D eigenvalue weighted by molar-refractivity contribution is 7.86. The number of benzene rings is 5. The third-order valence-electron chi connectivity index (χ3n) is 15.5. The summed E-state index contributed by atoms with van der Waals surface area (Å²) in [6.45, 7) is 14.2. The molecule has 16 nitrogen and oxygen atoms in total. The average Bonchev–Trinajstić information content (AvgIpc) is 2.50. The predicted molar refractivity (Wildman–Crippen MR) is 296 cm³/mol. The Morgan fingerprint density at radius 1 is 0.634 bits per heavy atom. The van der Waals surface area contributed by atoms with Gasteiger partial charge in [0.15, 0.2) is 23.0 Å². The van der Waals surface area contributed by atoms with Gasteiger partial charge in [0.1, 0.15) is 11.6 Å². The van der Waals surface area contributed by atoms with Gasteiger partial charge < -0.3 is 38.3 Å². The number of Topliss-reactive ketones (excluding diaryl/α,β-unsaturated/α-hetero) is 2. The monoisotopic (exact) mass is 1150 g/mol. The molecule has 11 rings (SSSR count). The van der Waals surface area contributed by atoms with Crippen molar-refractivity contribution in [1.29, 1.82) is 0 Å². The van der Waals surface area contributed by atoms with Gasteiger partial charge in [0.25, 0.3) is 10.1 Å². The van der Waals surface area contributed by atoms with Crippen LogP contribution in [0.3, 0.4) is 0 Å². The summed E-state index contributed by atoms with van der Waals surface area (Å²) in [6, 6.07) is 31.0. The molecule has 7 aromatic rings. The Bertz CT molecular complexity index is 3810. The van der Waals surface area contributed by atoms with Crippen molar-refractivity contribution < 1.29 is 68.9 Å². The molecule has 0 amide bonds. The summed E-state index contributed by atoms with van der Waals surface area (Å²) in [7, 11) is -4.03. The molecule has 0 radical (unpaired) electrons. The van der Waals surface area contributed by atoms with E-state index in [4.69, 9.17) is 9.71 Å². The van der Waals surface area contributed by atoms with Crippen LogP contribution in [0.5, 0.6) is 23.0 Å². The molecule has 0 saturated heterocycles. The highest BCUT2D eigenvalue weighted by atomic mass is 32.2. The van der Waals surface area contributed by atoms with E-state index in [1.54, 1.807) is 24.3 Å². The molecule has 2 fully saturated rings. The van der Waals surface area contributed by atoms with E-state index in [0.29, 0.717) is 36.8 Å². The zero-order valence-corrected chi connectivity index (χ0v) is 47.2. The number of hydrogen-bond acceptors (Lipinski definition) is 12. The number of aliphatic hydroxyl groups excluding tert-OH is 2. The van der Waals surface area contributed by atoms with E-state index in [1.807, 2.05) is 79.3 Å². The maximum absolute atomic E-state index is 13.6. The summed E-state index contributed by atoms with van der Waals surface area (Å²) in [5, 5.41) is 26.6. The van der Waals surface area contributed by atoms with Gasteiger partial charge in [-0.2, -0.15) is 8.42 Å². The number of alkyl halides is 4. The van der Waals surface area contributed by atoms with Crippen LogP contribution in [0.4, 0.5) is 17.6 Å². The minimum Gasteiger partial charge on any atom is -0.395 e. The smallest absolute Gasteiger partial charge is 0.395 e. The molecule has 21 heteroatoms. The number of aromatic nitrogens is 2. The zero-order valence-electron chi connectivity index (χ0n) is 46.3. The Labute approximate surface area is 471 Å². The van der Waals surface area contributed by atoms with Crippen molar-refractivity contribution in [3.63, 3.8) is 0 Å². The van der Waals surface area contributed by atoms with Crippen LogP contribution in [0.25, 0.3) is 32.2 Å². The third-order valence-corrected chi connectivity index (χ3v) is 16.8. The van der Waals surface area contributed by atoms with E-state index in [1.165, 1.54) is 36.4 Å². The summed E-state index contributed by atoms with van der Waals surface area (Å²) in [6.07, 6.45) is -6.46. The molecular weight excluding hydrogens is 1090 g/mol. The number of aryl methyl sites for hydroxylation is 1. The minimum absolute atomic E-state index is 0.00897. The number of aliphatic hydroxyl groups is 2. The molecule has 82 heavy (non-hydrogen) atoms. The molecule has 0 spiro atoms. The predicted octanol–water partition coefficient (Wildman–Crippen LogP) is 12.0. The fourth-order valence-corrected chi connectivity index (χ4v) is 12.0. The van der Waals surface area contributed by atoms with Crippen LogP contribution in [-0.4, -0.2) is 77.3 Å². The third kappa shape index (κ3) is 11.9. The standard InChI is InChI=1S/C34H35F2NO7S.C27H28F2N4O4/c1-21-5-9-26(10-6-21)45(40,41)42-20-25(38)19-37-27-11-7-22(15-23(27)17-30(37)32(2,3)4)16-31(39)33(13-14-33)24-8-12-28-29(18-24)44-34(35,36)43-28;1-25(2,3)23-12-17-10-16(4-6-20(17)33(23)15-19(34)14-31-32-30)11-24(35)26(8-9-26)18-5-7-21-22(13-18)37-27(28,29)36-21/h5-12,15,17-18,25,38H,13-14,16,19-20H2,1-4H3;4-7,10,12-13,19,34H,8-9,11,14-15H2,1-3H3/t25-;19-/m10/s1. The van der Waals surface area contributed by atoms with Crippen LogP contribution < -0.4 is 18.9 Å². The highest BCUT2D eigenvalue weighted by Crippen LogP contribution is 2.54. The van der Waals surface area contributed by atoms with Crippen molar-refractivity contribution in [3.05, 3.63) is 159 Å². The fraction of sp³-hybridized carbons (Fsp3) is 0.410. The average molecular weight is 1150 g/mol. The lowest BCUT2D eigenvalue weighted by atomic mass is 9.87. The zero-order chi connectivity index (χ0) is 59.0. The number of nitrogens with zero attached hydrogens (tertiary/aromatic N) is 5. The molecule has 2 N–H and O–H groups in total. The quantitative estimate of drug-likeness (QED) is 0.0271. The van der Waals surface area contributed by atoms with Crippen LogP contribution in [0.15, 0.2) is 119 Å². The molecule has 2 aliphatic heterocycles. The van der Waals surface area contributed by atoms with Gasteiger partial charge in [-0.15, -0.1) is 17.6 Å². The molecule has 2 aliphatic carbocycles. The molecule has 5 aromatic carbocycles. The molecule has 0 bridgehead atoms. The van der Waals surface area contributed by atoms with Crippen LogP contribution in [-0.2, 0) is 71.5 Å². The first-order valence-electron chi connectivity index (χ1n) is 26.9. The molecule has 0 unspecified atom stereocenters. The second-order valence-corrected chi connectivity index (χ2v) is 25.5. The van der Waals surface area contributed by atoms with Crippen LogP contribution in [0, 0.1) is 6.92 Å². The first-order chi connectivity index (χ1) is 38.5. The van der Waals surface area contributed by atoms with Crippen molar-refractivity contribution in [2.24, 2.45) is 5.11 Å². The maximum Gasteiger partial charge on any atom is 0.586 e. The van der Waals surface area contributed by atoms with Crippen LogP contribution in [0.2, 0.25) is 0 Å². The van der Waals surface area contributed by atoms with E-state index in [0.717, 1.165) is 49.9 Å². The number of fused-ring (bicyclic) bond motifs is 4.